The summed E-state index contributed by atoms with van der Waals surface area (Å²) in [6, 6.07) is 12.2. The van der Waals surface area contributed by atoms with Crippen molar-refractivity contribution in [1.29, 1.82) is 0 Å². The van der Waals surface area contributed by atoms with Crippen LogP contribution in [0.2, 0.25) is 0 Å². The van der Waals surface area contributed by atoms with Crippen LogP contribution in [0, 0.1) is 5.82 Å². The lowest BCUT2D eigenvalue weighted by atomic mass is 10.0. The van der Waals surface area contributed by atoms with Crippen molar-refractivity contribution in [2.75, 3.05) is 36.5 Å². The molecule has 2 aromatic heterocycles. The number of halogens is 1. The number of rotatable bonds is 11. The Balaban J connectivity index is 1.26. The highest BCUT2D eigenvalue weighted by atomic mass is 19.1. The molecule has 0 unspecified atom stereocenters. The van der Waals surface area contributed by atoms with Crippen LogP contribution in [0.1, 0.15) is 25.3 Å². The molecular formula is C28H30FN7O4. The highest BCUT2D eigenvalue weighted by Gasteiger charge is 2.32. The van der Waals surface area contributed by atoms with Crippen LogP contribution in [-0.2, 0) is 16.1 Å². The summed E-state index contributed by atoms with van der Waals surface area (Å²) in [5.74, 6) is -0.0166. The van der Waals surface area contributed by atoms with Gasteiger partial charge in [-0.3, -0.25) is 9.69 Å². The summed E-state index contributed by atoms with van der Waals surface area (Å²) in [6.07, 6.45) is 3.68. The fourth-order valence-corrected chi connectivity index (χ4v) is 4.56. The average molecular weight is 548 g/mol. The molecular weight excluding hydrogens is 517 g/mol. The normalized spacial score (nSPS) is 14.9. The molecule has 208 valence electrons. The molecule has 1 aliphatic heterocycles. The van der Waals surface area contributed by atoms with Gasteiger partial charge < -0.3 is 25.0 Å². The van der Waals surface area contributed by atoms with Crippen molar-refractivity contribution >= 4 is 34.7 Å². The Morgan fingerprint density at radius 2 is 1.98 bits per heavy atom. The third-order valence-electron chi connectivity index (χ3n) is 6.61. The van der Waals surface area contributed by atoms with E-state index in [0.29, 0.717) is 53.3 Å². The predicted molar refractivity (Wildman–Crippen MR) is 147 cm³/mol. The molecule has 1 atom stereocenters. The fraction of sp³-hybridized carbons (Fsp3) is 0.321. The van der Waals surface area contributed by atoms with E-state index in [1.807, 2.05) is 28.8 Å². The lowest BCUT2D eigenvalue weighted by Crippen LogP contribution is -2.33. The topological polar surface area (TPSA) is 134 Å². The van der Waals surface area contributed by atoms with E-state index in [-0.39, 0.29) is 25.6 Å². The van der Waals surface area contributed by atoms with Crippen LogP contribution in [0.4, 0.5) is 20.7 Å². The number of hydrogen-bond donors (Lipinski definition) is 3. The van der Waals surface area contributed by atoms with E-state index in [4.69, 9.17) is 9.84 Å². The zero-order valence-corrected chi connectivity index (χ0v) is 22.0. The summed E-state index contributed by atoms with van der Waals surface area (Å²) in [5.41, 5.74) is 3.87. The Morgan fingerprint density at radius 1 is 1.15 bits per heavy atom. The lowest BCUT2D eigenvalue weighted by Gasteiger charge is -2.15. The monoisotopic (exact) mass is 547 g/mol. The van der Waals surface area contributed by atoms with Crippen LogP contribution < -0.4 is 15.5 Å². The number of carbonyl (C=O) groups excluding carboxylic acids is 2. The van der Waals surface area contributed by atoms with Crippen LogP contribution >= 0.6 is 0 Å². The minimum Gasteiger partial charge on any atom is -0.442 e. The molecule has 1 fully saturated rings. The van der Waals surface area contributed by atoms with Gasteiger partial charge in [0.25, 0.3) is 0 Å². The number of unbranched alkanes of at least 4 members (excludes halogenated alkanes) is 1. The molecule has 4 aromatic rings. The summed E-state index contributed by atoms with van der Waals surface area (Å²) in [7, 11) is 0. The number of aliphatic hydroxyl groups excluding tert-OH is 1. The van der Waals surface area contributed by atoms with Gasteiger partial charge in [-0.05, 0) is 42.2 Å². The molecule has 2 aromatic carbocycles. The summed E-state index contributed by atoms with van der Waals surface area (Å²) >= 11 is 0. The molecule has 3 N–H and O–H groups in total. The fourth-order valence-electron chi connectivity index (χ4n) is 4.56. The van der Waals surface area contributed by atoms with Crippen LogP contribution in [-0.4, -0.2) is 69.0 Å². The first-order valence-corrected chi connectivity index (χ1v) is 13.0. The largest absolute Gasteiger partial charge is 0.442 e. The number of ether oxygens (including phenoxy) is 1. The van der Waals surface area contributed by atoms with E-state index in [1.165, 1.54) is 24.2 Å². The molecule has 0 spiro atoms. The van der Waals surface area contributed by atoms with E-state index in [9.17, 15) is 9.59 Å². The Morgan fingerprint density at radius 3 is 2.73 bits per heavy atom. The first-order chi connectivity index (χ1) is 19.4. The molecule has 0 radical (unpaired) electrons. The second-order valence-electron chi connectivity index (χ2n) is 9.54. The van der Waals surface area contributed by atoms with Gasteiger partial charge in [0.2, 0.25) is 5.91 Å². The quantitative estimate of drug-likeness (QED) is 0.244. The van der Waals surface area contributed by atoms with Crippen LogP contribution in [0.25, 0.3) is 22.3 Å². The second kappa shape index (κ2) is 12.1. The molecule has 1 aliphatic rings. The second-order valence-corrected chi connectivity index (χ2v) is 9.54. The van der Waals surface area contributed by atoms with Gasteiger partial charge in [-0.25, -0.2) is 24.1 Å². The number of benzene rings is 2. The first kappa shape index (κ1) is 27.0. The average Bonchev–Trinajstić information content (AvgIpc) is 3.54. The molecule has 0 saturated carbocycles. The SMILES string of the molecule is CC(=O)NC[C@H]1CN(c2ccc(-c3ccc(Cn4cnc5c(NCCCCO)ncnc54)cc3)c(F)c2)C(=O)O1. The zero-order valence-electron chi connectivity index (χ0n) is 22.0. The van der Waals surface area contributed by atoms with Crippen molar-refractivity contribution in [2.45, 2.75) is 32.4 Å². The maximum absolute atomic E-state index is 15.1. The van der Waals surface area contributed by atoms with Gasteiger partial charge in [-0.15, -0.1) is 0 Å². The number of imidazole rings is 1. The number of nitrogens with zero attached hydrogens (tertiary/aromatic N) is 5. The predicted octanol–water partition coefficient (Wildman–Crippen LogP) is 3.33. The van der Waals surface area contributed by atoms with E-state index in [1.54, 1.807) is 18.5 Å². The standard InChI is InChI=1S/C28H30FN7O4/c1-18(38)31-13-22-15-36(28(39)40-22)21-8-9-23(24(29)12-21)20-6-4-19(5-7-20)14-35-17-34-25-26(30-10-2-3-11-37)32-16-33-27(25)35/h4-9,12,16-17,22,37H,2-3,10-11,13-15H2,1H3,(H,31,38)(H,30,32,33)/t22-/m0/s1. The number of amides is 2. The van der Waals surface area contributed by atoms with Gasteiger partial charge in [0.1, 0.15) is 23.8 Å². The van der Waals surface area contributed by atoms with Gasteiger partial charge in [0.05, 0.1) is 31.6 Å². The molecule has 2 amide bonds. The number of nitrogens with one attached hydrogen (secondary N) is 2. The van der Waals surface area contributed by atoms with Crippen molar-refractivity contribution in [3.8, 4) is 11.1 Å². The summed E-state index contributed by atoms with van der Waals surface area (Å²) in [6.45, 7) is 3.18. The van der Waals surface area contributed by atoms with Crippen molar-refractivity contribution in [1.82, 2.24) is 24.8 Å². The molecule has 0 bridgehead atoms. The van der Waals surface area contributed by atoms with Crippen molar-refractivity contribution in [3.05, 3.63) is 66.5 Å². The Hall–Kier alpha value is -4.58. The molecule has 1 saturated heterocycles. The lowest BCUT2D eigenvalue weighted by molar-refractivity contribution is -0.119. The minimum absolute atomic E-state index is 0.157. The van der Waals surface area contributed by atoms with Crippen molar-refractivity contribution < 1.29 is 23.8 Å². The van der Waals surface area contributed by atoms with Crippen LogP contribution in [0.15, 0.2) is 55.1 Å². The molecule has 11 nitrogen and oxygen atoms in total. The number of carbonyl (C=O) groups is 2. The molecule has 40 heavy (non-hydrogen) atoms. The van der Waals surface area contributed by atoms with E-state index < -0.39 is 18.0 Å². The Kier molecular flexibility index (Phi) is 8.15. The van der Waals surface area contributed by atoms with E-state index >= 15 is 4.39 Å². The Bertz CT molecular complexity index is 1510. The molecule has 12 heteroatoms. The maximum atomic E-state index is 15.1. The molecule has 3 heterocycles. The number of aliphatic hydroxyl groups is 1. The molecule has 0 aliphatic carbocycles. The highest BCUT2D eigenvalue weighted by molar-refractivity contribution is 5.90. The zero-order chi connectivity index (χ0) is 28.1. The summed E-state index contributed by atoms with van der Waals surface area (Å²) in [4.78, 5) is 37.9. The smallest absolute Gasteiger partial charge is 0.414 e. The van der Waals surface area contributed by atoms with Crippen molar-refractivity contribution in [3.63, 3.8) is 0 Å². The number of anilines is 2. The molecule has 5 rings (SSSR count). The first-order valence-electron chi connectivity index (χ1n) is 13.0. The van der Waals surface area contributed by atoms with E-state index in [0.717, 1.165) is 12.0 Å². The third-order valence-corrected chi connectivity index (χ3v) is 6.61. The van der Waals surface area contributed by atoms with Gasteiger partial charge in [-0.1, -0.05) is 24.3 Å². The maximum Gasteiger partial charge on any atom is 0.414 e. The summed E-state index contributed by atoms with van der Waals surface area (Å²) in [5, 5.41) is 14.8. The number of hydrogen-bond acceptors (Lipinski definition) is 8. The van der Waals surface area contributed by atoms with Crippen LogP contribution in [0.3, 0.4) is 0 Å². The van der Waals surface area contributed by atoms with Gasteiger partial charge in [0.15, 0.2) is 11.5 Å². The van der Waals surface area contributed by atoms with Gasteiger partial charge in [0, 0.05) is 25.6 Å². The summed E-state index contributed by atoms with van der Waals surface area (Å²) < 4.78 is 22.3. The number of cyclic esters (lactones) is 1. The minimum atomic E-state index is -0.575. The van der Waals surface area contributed by atoms with E-state index in [2.05, 4.69) is 25.6 Å². The van der Waals surface area contributed by atoms with Crippen LogP contribution in [0.5, 0.6) is 0 Å². The highest BCUT2D eigenvalue weighted by Crippen LogP contribution is 2.29. The van der Waals surface area contributed by atoms with Gasteiger partial charge in [-0.2, -0.15) is 0 Å². The number of aromatic nitrogens is 4. The number of fused-ring (bicyclic) bond motifs is 1. The Labute approximate surface area is 230 Å². The van der Waals surface area contributed by atoms with Gasteiger partial charge >= 0.3 is 6.09 Å². The van der Waals surface area contributed by atoms with Crippen molar-refractivity contribution in [2.24, 2.45) is 0 Å². The third kappa shape index (κ3) is 6.01.